The number of amides is 2. The standard InChI is InChI=1S/C20H24N4O4S2/c25-18(16-4-3-11-24(16)19(26)13-5-6-13)22-20-21-15-8-7-14(12-17(15)29-20)30(27,28)23-9-1-2-10-23/h7-8,12-13,16H,1-6,9-11H2,(H,21,22,25). The Hall–Kier alpha value is -2.04. The van der Waals surface area contributed by atoms with E-state index in [0.29, 0.717) is 41.4 Å². The summed E-state index contributed by atoms with van der Waals surface area (Å²) < 4.78 is 27.8. The zero-order valence-electron chi connectivity index (χ0n) is 16.5. The zero-order valence-corrected chi connectivity index (χ0v) is 18.2. The summed E-state index contributed by atoms with van der Waals surface area (Å²) in [5.41, 5.74) is 0.646. The van der Waals surface area contributed by atoms with E-state index in [1.165, 1.54) is 15.6 Å². The van der Waals surface area contributed by atoms with E-state index in [4.69, 9.17) is 0 Å². The lowest BCUT2D eigenvalue weighted by Gasteiger charge is -2.23. The molecule has 1 atom stereocenters. The van der Waals surface area contributed by atoms with E-state index in [1.807, 2.05) is 0 Å². The van der Waals surface area contributed by atoms with Gasteiger partial charge in [-0.1, -0.05) is 11.3 Å². The molecule has 160 valence electrons. The molecule has 2 aromatic rings. The van der Waals surface area contributed by atoms with E-state index in [9.17, 15) is 18.0 Å². The number of carbonyl (C=O) groups is 2. The van der Waals surface area contributed by atoms with E-state index in [0.717, 1.165) is 32.1 Å². The molecule has 2 saturated heterocycles. The van der Waals surface area contributed by atoms with Gasteiger partial charge in [-0.25, -0.2) is 13.4 Å². The van der Waals surface area contributed by atoms with Crippen LogP contribution in [0.3, 0.4) is 0 Å². The fourth-order valence-electron chi connectivity index (χ4n) is 4.25. The topological polar surface area (TPSA) is 99.7 Å². The minimum absolute atomic E-state index is 0.0914. The van der Waals surface area contributed by atoms with Gasteiger partial charge in [0.1, 0.15) is 6.04 Å². The summed E-state index contributed by atoms with van der Waals surface area (Å²) in [6.07, 6.45) is 5.11. The molecule has 10 heteroatoms. The molecule has 0 spiro atoms. The maximum Gasteiger partial charge on any atom is 0.248 e. The maximum atomic E-state index is 12.8. The first-order chi connectivity index (χ1) is 14.4. The molecule has 1 aromatic heterocycles. The van der Waals surface area contributed by atoms with Crippen LogP contribution in [0.25, 0.3) is 10.2 Å². The predicted molar refractivity (Wildman–Crippen MR) is 114 cm³/mol. The average Bonchev–Trinajstić information content (AvgIpc) is 3.15. The fraction of sp³-hybridized carbons (Fsp3) is 0.550. The van der Waals surface area contributed by atoms with E-state index >= 15 is 0 Å². The molecule has 2 aliphatic heterocycles. The number of hydrogen-bond donors (Lipinski definition) is 1. The van der Waals surface area contributed by atoms with E-state index < -0.39 is 16.1 Å². The Morgan fingerprint density at radius 1 is 1.07 bits per heavy atom. The van der Waals surface area contributed by atoms with Gasteiger partial charge in [0.2, 0.25) is 21.8 Å². The second-order valence-electron chi connectivity index (χ2n) is 8.21. The monoisotopic (exact) mass is 448 g/mol. The van der Waals surface area contributed by atoms with Gasteiger partial charge >= 0.3 is 0 Å². The van der Waals surface area contributed by atoms with Gasteiger partial charge in [-0.05, 0) is 56.7 Å². The van der Waals surface area contributed by atoms with Crippen LogP contribution in [0.15, 0.2) is 23.1 Å². The third kappa shape index (κ3) is 3.61. The van der Waals surface area contributed by atoms with E-state index in [1.54, 1.807) is 23.1 Å². The molecule has 1 unspecified atom stereocenters. The summed E-state index contributed by atoms with van der Waals surface area (Å²) in [6.45, 7) is 1.74. The fourth-order valence-corrected chi connectivity index (χ4v) is 6.78. The summed E-state index contributed by atoms with van der Waals surface area (Å²) in [6, 6.07) is 4.45. The summed E-state index contributed by atoms with van der Waals surface area (Å²) in [7, 11) is -3.50. The summed E-state index contributed by atoms with van der Waals surface area (Å²) in [5, 5.41) is 3.27. The van der Waals surface area contributed by atoms with Crippen LogP contribution in [0.4, 0.5) is 5.13 Å². The molecule has 3 fully saturated rings. The molecule has 0 radical (unpaired) electrons. The van der Waals surface area contributed by atoms with Crippen LogP contribution in [-0.2, 0) is 19.6 Å². The van der Waals surface area contributed by atoms with Crippen molar-refractivity contribution in [2.24, 2.45) is 5.92 Å². The maximum absolute atomic E-state index is 12.8. The molecule has 1 aromatic carbocycles. The molecule has 1 saturated carbocycles. The number of hydrogen-bond acceptors (Lipinski definition) is 6. The molecule has 1 N–H and O–H groups in total. The summed E-state index contributed by atoms with van der Waals surface area (Å²) in [4.78, 5) is 31.6. The number of carbonyl (C=O) groups excluding carboxylic acids is 2. The number of nitrogens with one attached hydrogen (secondary N) is 1. The molecule has 2 amide bonds. The molecule has 1 aliphatic carbocycles. The average molecular weight is 449 g/mol. The van der Waals surface area contributed by atoms with Crippen molar-refractivity contribution in [2.45, 2.75) is 49.5 Å². The number of rotatable bonds is 5. The van der Waals surface area contributed by atoms with Crippen molar-refractivity contribution in [2.75, 3.05) is 25.0 Å². The van der Waals surface area contributed by atoms with Crippen LogP contribution in [0.5, 0.6) is 0 Å². The third-order valence-electron chi connectivity index (χ3n) is 6.06. The van der Waals surface area contributed by atoms with Gasteiger partial charge in [-0.3, -0.25) is 9.59 Å². The van der Waals surface area contributed by atoms with Crippen LogP contribution in [0, 0.1) is 5.92 Å². The van der Waals surface area contributed by atoms with Crippen molar-refractivity contribution in [3.05, 3.63) is 18.2 Å². The highest BCUT2D eigenvalue weighted by molar-refractivity contribution is 7.89. The van der Waals surface area contributed by atoms with Gasteiger partial charge in [0.25, 0.3) is 0 Å². The summed E-state index contributed by atoms with van der Waals surface area (Å²) >= 11 is 1.26. The van der Waals surface area contributed by atoms with E-state index in [2.05, 4.69) is 10.3 Å². The first kappa shape index (κ1) is 19.9. The van der Waals surface area contributed by atoms with Crippen molar-refractivity contribution in [1.29, 1.82) is 0 Å². The SMILES string of the molecule is O=C(Nc1nc2ccc(S(=O)(=O)N3CCCC3)cc2s1)C1CCCN1C(=O)C1CC1. The number of anilines is 1. The Labute approximate surface area is 179 Å². The molecule has 3 aliphatic rings. The quantitative estimate of drug-likeness (QED) is 0.757. The third-order valence-corrected chi connectivity index (χ3v) is 8.89. The molecule has 0 bridgehead atoms. The molecular formula is C20H24N4O4S2. The minimum Gasteiger partial charge on any atom is -0.330 e. The Morgan fingerprint density at radius 2 is 1.83 bits per heavy atom. The highest BCUT2D eigenvalue weighted by atomic mass is 32.2. The van der Waals surface area contributed by atoms with Crippen molar-refractivity contribution in [1.82, 2.24) is 14.2 Å². The number of aromatic nitrogens is 1. The van der Waals surface area contributed by atoms with Crippen LogP contribution in [0.2, 0.25) is 0 Å². The van der Waals surface area contributed by atoms with Crippen LogP contribution in [-0.4, -0.2) is 60.1 Å². The molecule has 30 heavy (non-hydrogen) atoms. The van der Waals surface area contributed by atoms with Crippen LogP contribution >= 0.6 is 11.3 Å². The second kappa shape index (κ2) is 7.58. The van der Waals surface area contributed by atoms with Gasteiger partial charge in [0, 0.05) is 25.6 Å². The van der Waals surface area contributed by atoms with Crippen molar-refractivity contribution in [3.8, 4) is 0 Å². The lowest BCUT2D eigenvalue weighted by molar-refractivity contribution is -0.137. The van der Waals surface area contributed by atoms with E-state index in [-0.39, 0.29) is 22.6 Å². The van der Waals surface area contributed by atoms with Crippen molar-refractivity contribution in [3.63, 3.8) is 0 Å². The number of thiazole rings is 1. The zero-order chi connectivity index (χ0) is 20.9. The van der Waals surface area contributed by atoms with Gasteiger partial charge in [0.15, 0.2) is 5.13 Å². The molecule has 5 rings (SSSR count). The smallest absolute Gasteiger partial charge is 0.248 e. The predicted octanol–water partition coefficient (Wildman–Crippen LogP) is 2.42. The number of sulfonamides is 1. The largest absolute Gasteiger partial charge is 0.330 e. The second-order valence-corrected chi connectivity index (χ2v) is 11.2. The Morgan fingerprint density at radius 3 is 2.57 bits per heavy atom. The lowest BCUT2D eigenvalue weighted by atomic mass is 10.2. The Kier molecular flexibility index (Phi) is 5.03. The van der Waals surface area contributed by atoms with Gasteiger partial charge < -0.3 is 10.2 Å². The number of nitrogens with zero attached hydrogens (tertiary/aromatic N) is 3. The number of benzene rings is 1. The minimum atomic E-state index is -3.50. The van der Waals surface area contributed by atoms with Crippen LogP contribution in [0.1, 0.15) is 38.5 Å². The highest BCUT2D eigenvalue weighted by Gasteiger charge is 2.41. The van der Waals surface area contributed by atoms with Gasteiger partial charge in [0.05, 0.1) is 15.1 Å². The van der Waals surface area contributed by atoms with Crippen molar-refractivity contribution < 1.29 is 18.0 Å². The Bertz CT molecular complexity index is 1100. The number of fused-ring (bicyclic) bond motifs is 1. The van der Waals surface area contributed by atoms with Crippen molar-refractivity contribution >= 4 is 48.5 Å². The molecule has 3 heterocycles. The first-order valence-electron chi connectivity index (χ1n) is 10.5. The first-order valence-corrected chi connectivity index (χ1v) is 12.7. The number of likely N-dealkylation sites (tertiary alicyclic amines) is 1. The summed E-state index contributed by atoms with van der Waals surface area (Å²) in [5.74, 6) is -0.0315. The lowest BCUT2D eigenvalue weighted by Crippen LogP contribution is -2.43. The highest BCUT2D eigenvalue weighted by Crippen LogP contribution is 2.34. The van der Waals surface area contributed by atoms with Gasteiger partial charge in [-0.2, -0.15) is 4.31 Å². The van der Waals surface area contributed by atoms with Gasteiger partial charge in [-0.15, -0.1) is 0 Å². The molecular weight excluding hydrogens is 424 g/mol. The Balaban J connectivity index is 1.34. The molecule has 8 nitrogen and oxygen atoms in total. The van der Waals surface area contributed by atoms with Crippen LogP contribution < -0.4 is 5.32 Å². The normalized spacial score (nSPS) is 22.7.